The molecular weight excluding hydrogens is 321 g/mol. The number of rotatable bonds is 6. The van der Waals surface area contributed by atoms with Crippen LogP contribution in [0.4, 0.5) is 13.2 Å². The Morgan fingerprint density at radius 2 is 1.82 bits per heavy atom. The summed E-state index contributed by atoms with van der Waals surface area (Å²) in [6.45, 7) is 1.89. The first-order chi connectivity index (χ1) is 10.0. The molecule has 0 saturated heterocycles. The minimum Gasteiger partial charge on any atom is -0.347 e. The fourth-order valence-corrected chi connectivity index (χ4v) is 2.67. The summed E-state index contributed by atoms with van der Waals surface area (Å²) < 4.78 is 61.8. The topological polar surface area (TPSA) is 75.3 Å². The highest BCUT2D eigenvalue weighted by Crippen LogP contribution is 2.14. The largest absolute Gasteiger partial charge is 0.405 e. The highest BCUT2D eigenvalue weighted by Gasteiger charge is 2.27. The van der Waals surface area contributed by atoms with E-state index in [0.717, 1.165) is 11.1 Å². The number of amides is 1. The van der Waals surface area contributed by atoms with Crippen LogP contribution in [0.25, 0.3) is 0 Å². The zero-order valence-electron chi connectivity index (χ0n) is 12.1. The lowest BCUT2D eigenvalue weighted by Gasteiger charge is -2.10. The SMILES string of the molecule is Cc1ccc(S(=O)(=O)NCCC(=O)NCC(F)(F)F)cc1C. The van der Waals surface area contributed by atoms with Crippen molar-refractivity contribution in [2.75, 3.05) is 13.1 Å². The van der Waals surface area contributed by atoms with Crippen molar-refractivity contribution in [3.8, 4) is 0 Å². The first kappa shape index (κ1) is 18.4. The highest BCUT2D eigenvalue weighted by atomic mass is 32.2. The number of sulfonamides is 1. The number of carbonyl (C=O) groups is 1. The van der Waals surface area contributed by atoms with Gasteiger partial charge in [-0.05, 0) is 37.1 Å². The summed E-state index contributed by atoms with van der Waals surface area (Å²) in [7, 11) is -3.79. The van der Waals surface area contributed by atoms with Crippen LogP contribution in [0.2, 0.25) is 0 Å². The van der Waals surface area contributed by atoms with Gasteiger partial charge < -0.3 is 5.32 Å². The summed E-state index contributed by atoms with van der Waals surface area (Å²) >= 11 is 0. The van der Waals surface area contributed by atoms with Gasteiger partial charge in [0.2, 0.25) is 15.9 Å². The molecule has 0 heterocycles. The summed E-state index contributed by atoms with van der Waals surface area (Å²) in [6, 6.07) is 4.57. The predicted octanol–water partition coefficient (Wildman–Crippen LogP) is 1.65. The maximum Gasteiger partial charge on any atom is 0.405 e. The minimum atomic E-state index is -4.49. The number of halogens is 3. The van der Waals surface area contributed by atoms with Gasteiger partial charge in [-0.1, -0.05) is 6.07 Å². The molecule has 0 fully saturated rings. The fraction of sp³-hybridized carbons (Fsp3) is 0.462. The lowest BCUT2D eigenvalue weighted by Crippen LogP contribution is -2.36. The molecule has 5 nitrogen and oxygen atoms in total. The van der Waals surface area contributed by atoms with Gasteiger partial charge in [-0.2, -0.15) is 13.2 Å². The van der Waals surface area contributed by atoms with E-state index in [1.807, 2.05) is 6.92 Å². The molecule has 124 valence electrons. The third kappa shape index (κ3) is 6.02. The molecule has 2 N–H and O–H groups in total. The maximum atomic E-state index is 12.0. The molecule has 0 bridgehead atoms. The van der Waals surface area contributed by atoms with E-state index >= 15 is 0 Å². The first-order valence-corrected chi connectivity index (χ1v) is 7.90. The Bertz CT molecular complexity index is 642. The summed E-state index contributed by atoms with van der Waals surface area (Å²) in [5.74, 6) is -0.875. The van der Waals surface area contributed by atoms with Gasteiger partial charge in [-0.3, -0.25) is 4.79 Å². The van der Waals surface area contributed by atoms with E-state index in [4.69, 9.17) is 0 Å². The molecule has 0 atom stereocenters. The minimum absolute atomic E-state index is 0.0475. The van der Waals surface area contributed by atoms with Crippen molar-refractivity contribution in [2.24, 2.45) is 0 Å². The Hall–Kier alpha value is -1.61. The van der Waals surface area contributed by atoms with Crippen LogP contribution in [0.3, 0.4) is 0 Å². The number of hydrogen-bond donors (Lipinski definition) is 2. The molecule has 0 aliphatic heterocycles. The van der Waals surface area contributed by atoms with Crippen molar-refractivity contribution in [3.63, 3.8) is 0 Å². The second-order valence-corrected chi connectivity index (χ2v) is 6.55. The predicted molar refractivity (Wildman–Crippen MR) is 74.8 cm³/mol. The number of carbonyl (C=O) groups excluding carboxylic acids is 1. The second kappa shape index (κ2) is 7.10. The normalized spacial score (nSPS) is 12.2. The van der Waals surface area contributed by atoms with E-state index in [-0.39, 0.29) is 17.9 Å². The zero-order valence-corrected chi connectivity index (χ0v) is 12.9. The van der Waals surface area contributed by atoms with Gasteiger partial charge in [-0.25, -0.2) is 13.1 Å². The molecule has 0 aromatic heterocycles. The highest BCUT2D eigenvalue weighted by molar-refractivity contribution is 7.89. The average molecular weight is 338 g/mol. The third-order valence-corrected chi connectivity index (χ3v) is 4.38. The van der Waals surface area contributed by atoms with E-state index in [0.29, 0.717) is 0 Å². The summed E-state index contributed by atoms with van der Waals surface area (Å²) in [5, 5.41) is 1.67. The number of hydrogen-bond acceptors (Lipinski definition) is 3. The number of benzene rings is 1. The fourth-order valence-electron chi connectivity index (χ4n) is 1.55. The number of alkyl halides is 3. The number of nitrogens with one attached hydrogen (secondary N) is 2. The van der Waals surface area contributed by atoms with Gasteiger partial charge in [-0.15, -0.1) is 0 Å². The van der Waals surface area contributed by atoms with Crippen molar-refractivity contribution in [1.82, 2.24) is 10.0 Å². The van der Waals surface area contributed by atoms with E-state index in [1.54, 1.807) is 18.3 Å². The summed E-state index contributed by atoms with van der Waals surface area (Å²) in [5.41, 5.74) is 1.73. The lowest BCUT2D eigenvalue weighted by atomic mass is 10.1. The van der Waals surface area contributed by atoms with Crippen molar-refractivity contribution in [3.05, 3.63) is 29.3 Å². The van der Waals surface area contributed by atoms with Crippen LogP contribution in [-0.2, 0) is 14.8 Å². The van der Waals surface area contributed by atoms with Crippen molar-refractivity contribution in [2.45, 2.75) is 31.3 Å². The molecular formula is C13H17F3N2O3S. The van der Waals surface area contributed by atoms with Crippen molar-refractivity contribution in [1.29, 1.82) is 0 Å². The molecule has 1 rings (SSSR count). The average Bonchev–Trinajstić information content (AvgIpc) is 2.38. The Morgan fingerprint density at radius 1 is 1.18 bits per heavy atom. The van der Waals surface area contributed by atoms with Crippen LogP contribution >= 0.6 is 0 Å². The summed E-state index contributed by atoms with van der Waals surface area (Å²) in [4.78, 5) is 11.2. The maximum absolute atomic E-state index is 12.0. The van der Waals surface area contributed by atoms with Gasteiger partial charge in [0.1, 0.15) is 6.54 Å². The Kier molecular flexibility index (Phi) is 5.95. The molecule has 0 unspecified atom stereocenters. The van der Waals surface area contributed by atoms with Crippen LogP contribution in [0.15, 0.2) is 23.1 Å². The Labute approximate surface area is 127 Å². The van der Waals surface area contributed by atoms with E-state index in [2.05, 4.69) is 4.72 Å². The quantitative estimate of drug-likeness (QED) is 0.828. The molecule has 0 spiro atoms. The molecule has 1 aromatic rings. The zero-order chi connectivity index (χ0) is 17.0. The molecule has 22 heavy (non-hydrogen) atoms. The van der Waals surface area contributed by atoms with Crippen molar-refractivity contribution < 1.29 is 26.4 Å². The van der Waals surface area contributed by atoms with Crippen LogP contribution in [-0.4, -0.2) is 33.6 Å². The summed E-state index contributed by atoms with van der Waals surface area (Å²) in [6.07, 6.45) is -4.87. The molecule has 1 aromatic carbocycles. The van der Waals surface area contributed by atoms with E-state index < -0.39 is 28.7 Å². The Morgan fingerprint density at radius 3 is 2.36 bits per heavy atom. The molecule has 0 radical (unpaired) electrons. The van der Waals surface area contributed by atoms with Crippen LogP contribution in [0.5, 0.6) is 0 Å². The van der Waals surface area contributed by atoms with Gasteiger partial charge in [0.15, 0.2) is 0 Å². The van der Waals surface area contributed by atoms with Gasteiger partial charge in [0.25, 0.3) is 0 Å². The first-order valence-electron chi connectivity index (χ1n) is 6.41. The Balaban J connectivity index is 2.53. The van der Waals surface area contributed by atoms with Gasteiger partial charge in [0, 0.05) is 13.0 Å². The van der Waals surface area contributed by atoms with E-state index in [9.17, 15) is 26.4 Å². The second-order valence-electron chi connectivity index (χ2n) is 4.79. The lowest BCUT2D eigenvalue weighted by molar-refractivity contribution is -0.138. The van der Waals surface area contributed by atoms with E-state index in [1.165, 1.54) is 12.1 Å². The van der Waals surface area contributed by atoms with Gasteiger partial charge >= 0.3 is 6.18 Å². The van der Waals surface area contributed by atoms with Crippen LogP contribution < -0.4 is 10.0 Å². The van der Waals surface area contributed by atoms with Crippen LogP contribution in [0, 0.1) is 13.8 Å². The number of aryl methyl sites for hydroxylation is 2. The van der Waals surface area contributed by atoms with Gasteiger partial charge in [0.05, 0.1) is 4.90 Å². The molecule has 1 amide bonds. The molecule has 9 heteroatoms. The standard InChI is InChI=1S/C13H17F3N2O3S/c1-9-3-4-11(7-10(9)2)22(20,21)18-6-5-12(19)17-8-13(14,15)16/h3-4,7,18H,5-6,8H2,1-2H3,(H,17,19). The van der Waals surface area contributed by atoms with Crippen LogP contribution in [0.1, 0.15) is 17.5 Å². The molecule has 0 saturated carbocycles. The molecule has 0 aliphatic rings. The molecule has 0 aliphatic carbocycles. The van der Waals surface area contributed by atoms with Crippen molar-refractivity contribution >= 4 is 15.9 Å². The smallest absolute Gasteiger partial charge is 0.347 e. The monoisotopic (exact) mass is 338 g/mol. The third-order valence-electron chi connectivity index (χ3n) is 2.92.